The second-order valence-electron chi connectivity index (χ2n) is 5.25. The van der Waals surface area contributed by atoms with Crippen LogP contribution in [0.3, 0.4) is 0 Å². The lowest BCUT2D eigenvalue weighted by molar-refractivity contribution is 0.0884. The van der Waals surface area contributed by atoms with Crippen molar-refractivity contribution in [3.05, 3.63) is 46.5 Å². The summed E-state index contributed by atoms with van der Waals surface area (Å²) in [4.78, 5) is 28.7. The maximum atomic E-state index is 12.3. The molecular formula is C15H19N3O3. The quantitative estimate of drug-likeness (QED) is 0.859. The molecule has 2 aromatic rings. The summed E-state index contributed by atoms with van der Waals surface area (Å²) in [5.74, 6) is -0.469. The maximum Gasteiger partial charge on any atom is 0.270 e. The second-order valence-corrected chi connectivity index (χ2v) is 5.25. The minimum Gasteiger partial charge on any atom is -0.396 e. The van der Waals surface area contributed by atoms with E-state index in [-0.39, 0.29) is 12.2 Å². The first-order valence-corrected chi connectivity index (χ1v) is 6.90. The lowest BCUT2D eigenvalue weighted by atomic mass is 9.94. The van der Waals surface area contributed by atoms with Gasteiger partial charge in [-0.1, -0.05) is 13.0 Å². The molecule has 112 valence electrons. The van der Waals surface area contributed by atoms with Crippen LogP contribution in [0.4, 0.5) is 0 Å². The third-order valence-electron chi connectivity index (χ3n) is 3.72. The Balaban J connectivity index is 2.36. The molecule has 2 heterocycles. The average molecular weight is 289 g/mol. The van der Waals surface area contributed by atoms with Gasteiger partial charge in [-0.15, -0.1) is 0 Å². The monoisotopic (exact) mass is 289 g/mol. The highest BCUT2D eigenvalue weighted by molar-refractivity contribution is 5.94. The molecule has 1 unspecified atom stereocenters. The van der Waals surface area contributed by atoms with Crippen LogP contribution in [-0.4, -0.2) is 32.5 Å². The molecule has 0 saturated heterocycles. The normalized spacial score (nSPS) is 13.9. The Labute approximate surface area is 122 Å². The SMILES string of the molecule is CCC(C)(CCO)NC(=O)c1cnc2ccccn2c1=O. The summed E-state index contributed by atoms with van der Waals surface area (Å²) in [5, 5.41) is 11.9. The van der Waals surface area contributed by atoms with Crippen LogP contribution in [0.1, 0.15) is 37.0 Å². The fraction of sp³-hybridized carbons (Fsp3) is 0.400. The van der Waals surface area contributed by atoms with Gasteiger partial charge in [0.25, 0.3) is 11.5 Å². The first-order valence-electron chi connectivity index (χ1n) is 6.90. The molecular weight excluding hydrogens is 270 g/mol. The molecule has 0 spiro atoms. The molecule has 0 aliphatic carbocycles. The van der Waals surface area contributed by atoms with Crippen molar-refractivity contribution in [2.45, 2.75) is 32.2 Å². The number of rotatable bonds is 5. The predicted octanol–water partition coefficient (Wildman–Crippen LogP) is 0.975. The fourth-order valence-electron chi connectivity index (χ4n) is 2.10. The number of hydrogen-bond acceptors (Lipinski definition) is 4. The molecule has 2 N–H and O–H groups in total. The molecule has 6 heteroatoms. The van der Waals surface area contributed by atoms with Gasteiger partial charge in [0.05, 0.1) is 0 Å². The summed E-state index contributed by atoms with van der Waals surface area (Å²) < 4.78 is 1.34. The number of carbonyl (C=O) groups is 1. The molecule has 6 nitrogen and oxygen atoms in total. The molecule has 0 aliphatic rings. The molecule has 2 aromatic heterocycles. The lowest BCUT2D eigenvalue weighted by Gasteiger charge is -2.28. The van der Waals surface area contributed by atoms with Crippen molar-refractivity contribution in [3.8, 4) is 0 Å². The lowest BCUT2D eigenvalue weighted by Crippen LogP contribution is -2.47. The Morgan fingerprint density at radius 2 is 2.24 bits per heavy atom. The van der Waals surface area contributed by atoms with Gasteiger partial charge >= 0.3 is 0 Å². The molecule has 0 radical (unpaired) electrons. The Bertz CT molecular complexity index is 711. The minimum atomic E-state index is -0.547. The number of hydrogen-bond donors (Lipinski definition) is 2. The van der Waals surface area contributed by atoms with Crippen molar-refractivity contribution in [1.82, 2.24) is 14.7 Å². The first-order chi connectivity index (χ1) is 10.0. The van der Waals surface area contributed by atoms with E-state index < -0.39 is 17.0 Å². The van der Waals surface area contributed by atoms with Crippen molar-refractivity contribution >= 4 is 11.6 Å². The van der Waals surface area contributed by atoms with E-state index >= 15 is 0 Å². The van der Waals surface area contributed by atoms with Crippen molar-refractivity contribution in [1.29, 1.82) is 0 Å². The molecule has 0 bridgehead atoms. The van der Waals surface area contributed by atoms with Crippen LogP contribution in [-0.2, 0) is 0 Å². The van der Waals surface area contributed by atoms with Gasteiger partial charge in [-0.05, 0) is 31.9 Å². The Hall–Kier alpha value is -2.21. The molecule has 0 aliphatic heterocycles. The summed E-state index contributed by atoms with van der Waals surface area (Å²) in [6, 6.07) is 5.18. The predicted molar refractivity (Wildman–Crippen MR) is 79.3 cm³/mol. The average Bonchev–Trinajstić information content (AvgIpc) is 2.48. The highest BCUT2D eigenvalue weighted by atomic mass is 16.3. The number of nitrogens with one attached hydrogen (secondary N) is 1. The van der Waals surface area contributed by atoms with E-state index in [9.17, 15) is 9.59 Å². The van der Waals surface area contributed by atoms with E-state index in [0.29, 0.717) is 18.5 Å². The van der Waals surface area contributed by atoms with Gasteiger partial charge in [0.15, 0.2) is 0 Å². The molecule has 0 saturated carbocycles. The maximum absolute atomic E-state index is 12.3. The summed E-state index contributed by atoms with van der Waals surface area (Å²) in [5.41, 5.74) is -0.460. The van der Waals surface area contributed by atoms with Crippen LogP contribution in [0.2, 0.25) is 0 Å². The summed E-state index contributed by atoms with van der Waals surface area (Å²) in [7, 11) is 0. The number of carbonyl (C=O) groups excluding carboxylic acids is 1. The van der Waals surface area contributed by atoms with E-state index in [1.807, 2.05) is 13.8 Å². The van der Waals surface area contributed by atoms with Gasteiger partial charge in [-0.3, -0.25) is 14.0 Å². The van der Waals surface area contributed by atoms with Crippen LogP contribution in [0.25, 0.3) is 5.65 Å². The number of fused-ring (bicyclic) bond motifs is 1. The number of aliphatic hydroxyl groups is 1. The first kappa shape index (κ1) is 15.2. The molecule has 1 amide bonds. The minimum absolute atomic E-state index is 0.00341. The van der Waals surface area contributed by atoms with Gasteiger partial charge in [0.1, 0.15) is 11.2 Å². The third kappa shape index (κ3) is 3.11. The van der Waals surface area contributed by atoms with E-state index in [1.165, 1.54) is 10.6 Å². The standard InChI is InChI=1S/C15H19N3O3/c1-3-15(2,7-9-19)17-13(20)11-10-16-12-6-4-5-8-18(12)14(11)21/h4-6,8,10,19H,3,7,9H2,1-2H3,(H,17,20). The van der Waals surface area contributed by atoms with Crippen molar-refractivity contribution in [2.75, 3.05) is 6.61 Å². The third-order valence-corrected chi connectivity index (χ3v) is 3.72. The van der Waals surface area contributed by atoms with Gasteiger partial charge in [-0.2, -0.15) is 0 Å². The van der Waals surface area contributed by atoms with Gasteiger partial charge in [0, 0.05) is 24.5 Å². The summed E-state index contributed by atoms with van der Waals surface area (Å²) in [6.07, 6.45) is 3.95. The van der Waals surface area contributed by atoms with Crippen molar-refractivity contribution in [2.24, 2.45) is 0 Å². The van der Waals surface area contributed by atoms with Crippen LogP contribution >= 0.6 is 0 Å². The number of amides is 1. The topological polar surface area (TPSA) is 83.7 Å². The molecule has 21 heavy (non-hydrogen) atoms. The largest absolute Gasteiger partial charge is 0.396 e. The Morgan fingerprint density at radius 3 is 2.90 bits per heavy atom. The zero-order chi connectivity index (χ0) is 15.5. The van der Waals surface area contributed by atoms with E-state index in [0.717, 1.165) is 0 Å². The van der Waals surface area contributed by atoms with Crippen molar-refractivity contribution < 1.29 is 9.90 Å². The van der Waals surface area contributed by atoms with E-state index in [1.54, 1.807) is 24.4 Å². The van der Waals surface area contributed by atoms with E-state index in [2.05, 4.69) is 10.3 Å². The van der Waals surface area contributed by atoms with Crippen LogP contribution in [0.15, 0.2) is 35.4 Å². The molecule has 0 fully saturated rings. The van der Waals surface area contributed by atoms with E-state index in [4.69, 9.17) is 5.11 Å². The zero-order valence-electron chi connectivity index (χ0n) is 12.2. The number of aromatic nitrogens is 2. The zero-order valence-corrected chi connectivity index (χ0v) is 12.2. The molecule has 0 aromatic carbocycles. The van der Waals surface area contributed by atoms with Gasteiger partial charge in [-0.25, -0.2) is 4.98 Å². The summed E-state index contributed by atoms with van der Waals surface area (Å²) >= 11 is 0. The van der Waals surface area contributed by atoms with Crippen molar-refractivity contribution in [3.63, 3.8) is 0 Å². The fourth-order valence-corrected chi connectivity index (χ4v) is 2.10. The van der Waals surface area contributed by atoms with Gasteiger partial charge in [0.2, 0.25) is 0 Å². The van der Waals surface area contributed by atoms with Crippen LogP contribution < -0.4 is 10.9 Å². The molecule has 2 rings (SSSR count). The number of nitrogens with zero attached hydrogens (tertiary/aromatic N) is 2. The smallest absolute Gasteiger partial charge is 0.270 e. The van der Waals surface area contributed by atoms with Crippen LogP contribution in [0.5, 0.6) is 0 Å². The molecule has 1 atom stereocenters. The number of pyridine rings is 1. The Morgan fingerprint density at radius 1 is 1.48 bits per heavy atom. The highest BCUT2D eigenvalue weighted by Gasteiger charge is 2.25. The van der Waals surface area contributed by atoms with Crippen LogP contribution in [0, 0.1) is 0 Å². The highest BCUT2D eigenvalue weighted by Crippen LogP contribution is 2.14. The number of aliphatic hydroxyl groups excluding tert-OH is 1. The Kier molecular flexibility index (Phi) is 4.37. The summed E-state index contributed by atoms with van der Waals surface area (Å²) in [6.45, 7) is 3.73. The second kappa shape index (κ2) is 6.05. The van der Waals surface area contributed by atoms with Gasteiger partial charge < -0.3 is 10.4 Å².